The molecule has 0 spiro atoms. The number of benzene rings is 2. The van der Waals surface area contributed by atoms with Crippen LogP contribution >= 0.6 is 0 Å². The molecule has 0 aliphatic rings. The zero-order valence-electron chi connectivity index (χ0n) is 13.5. The molecular formula is C19H18O5. The molecule has 1 N–H and O–H groups in total. The molecule has 124 valence electrons. The summed E-state index contributed by atoms with van der Waals surface area (Å²) >= 11 is 0. The topological polar surface area (TPSA) is 72.8 Å². The second-order valence-electron chi connectivity index (χ2n) is 5.05. The number of carboxylic acid groups (broad SMARTS) is 1. The maximum atomic E-state index is 12.6. The van der Waals surface area contributed by atoms with Gasteiger partial charge in [0.15, 0.2) is 17.3 Å². The first-order valence-corrected chi connectivity index (χ1v) is 7.29. The first kappa shape index (κ1) is 17.3. The second kappa shape index (κ2) is 7.97. The van der Waals surface area contributed by atoms with E-state index >= 15 is 0 Å². The van der Waals surface area contributed by atoms with Crippen LogP contribution in [-0.2, 0) is 4.79 Å². The molecule has 0 fully saturated rings. The predicted octanol–water partition coefficient (Wildman–Crippen LogP) is 3.44. The van der Waals surface area contributed by atoms with Gasteiger partial charge in [-0.1, -0.05) is 36.4 Å². The van der Waals surface area contributed by atoms with Crippen LogP contribution < -0.4 is 9.47 Å². The molecular weight excluding hydrogens is 308 g/mol. The molecule has 0 heterocycles. The van der Waals surface area contributed by atoms with Crippen molar-refractivity contribution in [2.75, 3.05) is 14.2 Å². The van der Waals surface area contributed by atoms with Crippen molar-refractivity contribution in [3.63, 3.8) is 0 Å². The van der Waals surface area contributed by atoms with E-state index in [-0.39, 0.29) is 17.8 Å². The van der Waals surface area contributed by atoms with Gasteiger partial charge in [-0.05, 0) is 23.8 Å². The van der Waals surface area contributed by atoms with E-state index in [1.807, 2.05) is 0 Å². The van der Waals surface area contributed by atoms with E-state index in [9.17, 15) is 9.59 Å². The first-order chi connectivity index (χ1) is 11.5. The Morgan fingerprint density at radius 1 is 1.00 bits per heavy atom. The Morgan fingerprint density at radius 2 is 1.67 bits per heavy atom. The number of Topliss-reactive ketones (excluding diaryl/α,β-unsaturated/α-hetero) is 1. The summed E-state index contributed by atoms with van der Waals surface area (Å²) in [4.78, 5) is 23.7. The van der Waals surface area contributed by atoms with Gasteiger partial charge in [-0.3, -0.25) is 9.59 Å². The van der Waals surface area contributed by atoms with E-state index in [0.29, 0.717) is 22.6 Å². The van der Waals surface area contributed by atoms with Crippen LogP contribution in [-0.4, -0.2) is 31.1 Å². The number of carboxylic acids is 1. The molecule has 2 rings (SSSR count). The molecule has 5 nitrogen and oxygen atoms in total. The molecule has 0 atom stereocenters. The minimum Gasteiger partial charge on any atom is -0.493 e. The van der Waals surface area contributed by atoms with Crippen molar-refractivity contribution in [3.05, 3.63) is 65.2 Å². The third-order valence-corrected chi connectivity index (χ3v) is 3.42. The lowest BCUT2D eigenvalue weighted by Crippen LogP contribution is -2.08. The van der Waals surface area contributed by atoms with Crippen molar-refractivity contribution >= 4 is 17.8 Å². The molecule has 24 heavy (non-hydrogen) atoms. The Kier molecular flexibility index (Phi) is 5.73. The van der Waals surface area contributed by atoms with E-state index in [4.69, 9.17) is 14.6 Å². The highest BCUT2D eigenvalue weighted by atomic mass is 16.5. The Balaban J connectivity index is 2.42. The number of carbonyl (C=O) groups excluding carboxylic acids is 1. The van der Waals surface area contributed by atoms with Crippen LogP contribution in [0.15, 0.2) is 54.1 Å². The molecule has 5 heteroatoms. The highest BCUT2D eigenvalue weighted by Gasteiger charge is 2.16. The van der Waals surface area contributed by atoms with Gasteiger partial charge in [0.2, 0.25) is 0 Å². The molecule has 2 aromatic rings. The van der Waals surface area contributed by atoms with E-state index < -0.39 is 5.97 Å². The number of hydrogen-bond acceptors (Lipinski definition) is 4. The van der Waals surface area contributed by atoms with Gasteiger partial charge in [0, 0.05) is 11.1 Å². The molecule has 0 amide bonds. The number of methoxy groups -OCH3 is 2. The van der Waals surface area contributed by atoms with Crippen LogP contribution in [0, 0.1) is 0 Å². The zero-order valence-corrected chi connectivity index (χ0v) is 13.5. The molecule has 0 unspecified atom stereocenters. The SMILES string of the molecule is COc1ccc(/C=C(\CC(=O)O)C(=O)c2ccccc2)cc1OC. The summed E-state index contributed by atoms with van der Waals surface area (Å²) in [6.45, 7) is 0. The molecule has 0 saturated carbocycles. The van der Waals surface area contributed by atoms with Crippen LogP contribution in [0.25, 0.3) is 6.08 Å². The largest absolute Gasteiger partial charge is 0.493 e. The molecule has 0 aromatic heterocycles. The summed E-state index contributed by atoms with van der Waals surface area (Å²) in [5, 5.41) is 9.10. The maximum absolute atomic E-state index is 12.6. The summed E-state index contributed by atoms with van der Waals surface area (Å²) in [5.41, 5.74) is 1.31. The fourth-order valence-corrected chi connectivity index (χ4v) is 2.28. The van der Waals surface area contributed by atoms with Crippen molar-refractivity contribution in [3.8, 4) is 11.5 Å². The lowest BCUT2D eigenvalue weighted by atomic mass is 9.98. The van der Waals surface area contributed by atoms with Gasteiger partial charge in [-0.25, -0.2) is 0 Å². The van der Waals surface area contributed by atoms with Crippen LogP contribution in [0.4, 0.5) is 0 Å². The number of ether oxygens (including phenoxy) is 2. The predicted molar refractivity (Wildman–Crippen MR) is 90.5 cm³/mol. The van der Waals surface area contributed by atoms with Crippen LogP contribution in [0.3, 0.4) is 0 Å². The molecule has 0 bridgehead atoms. The van der Waals surface area contributed by atoms with Crippen LogP contribution in [0.2, 0.25) is 0 Å². The standard InChI is InChI=1S/C19H18O5/c1-23-16-9-8-13(11-17(16)24-2)10-15(12-18(20)21)19(22)14-6-4-3-5-7-14/h3-11H,12H2,1-2H3,(H,20,21)/b15-10+. The van der Waals surface area contributed by atoms with Crippen LogP contribution in [0.5, 0.6) is 11.5 Å². The van der Waals surface area contributed by atoms with Crippen molar-refractivity contribution in [2.24, 2.45) is 0 Å². The van der Waals surface area contributed by atoms with Crippen molar-refractivity contribution in [1.82, 2.24) is 0 Å². The van der Waals surface area contributed by atoms with Crippen LogP contribution in [0.1, 0.15) is 22.3 Å². The molecule has 0 saturated heterocycles. The molecule has 0 aliphatic carbocycles. The van der Waals surface area contributed by atoms with Gasteiger partial charge in [0.05, 0.1) is 20.6 Å². The van der Waals surface area contributed by atoms with Crippen molar-refractivity contribution in [1.29, 1.82) is 0 Å². The number of hydrogen-bond donors (Lipinski definition) is 1. The molecule has 0 radical (unpaired) electrons. The fourth-order valence-electron chi connectivity index (χ4n) is 2.28. The van der Waals surface area contributed by atoms with E-state index in [1.165, 1.54) is 14.2 Å². The average molecular weight is 326 g/mol. The summed E-state index contributed by atoms with van der Waals surface area (Å²) in [6, 6.07) is 13.7. The minimum atomic E-state index is -1.06. The van der Waals surface area contributed by atoms with Gasteiger partial charge in [0.25, 0.3) is 0 Å². The minimum absolute atomic E-state index is 0.195. The lowest BCUT2D eigenvalue weighted by molar-refractivity contribution is -0.136. The summed E-state index contributed by atoms with van der Waals surface area (Å²) in [7, 11) is 3.04. The first-order valence-electron chi connectivity index (χ1n) is 7.29. The van der Waals surface area contributed by atoms with Crippen molar-refractivity contribution < 1.29 is 24.2 Å². The molecule has 0 aliphatic heterocycles. The maximum Gasteiger partial charge on any atom is 0.307 e. The van der Waals surface area contributed by atoms with Gasteiger partial charge in [0.1, 0.15) is 0 Å². The summed E-state index contributed by atoms with van der Waals surface area (Å²) < 4.78 is 10.4. The van der Waals surface area contributed by atoms with Crippen molar-refractivity contribution in [2.45, 2.75) is 6.42 Å². The number of ketones is 1. The Morgan fingerprint density at radius 3 is 2.25 bits per heavy atom. The third kappa shape index (κ3) is 4.23. The van der Waals surface area contributed by atoms with Gasteiger partial charge >= 0.3 is 5.97 Å². The Bertz CT molecular complexity index is 763. The third-order valence-electron chi connectivity index (χ3n) is 3.42. The summed E-state index contributed by atoms with van der Waals surface area (Å²) in [6.07, 6.45) is 1.20. The number of aliphatic carboxylic acids is 1. The van der Waals surface area contributed by atoms with Gasteiger partial charge in [-0.2, -0.15) is 0 Å². The van der Waals surface area contributed by atoms with Gasteiger partial charge < -0.3 is 14.6 Å². The number of carbonyl (C=O) groups is 2. The quantitative estimate of drug-likeness (QED) is 0.623. The fraction of sp³-hybridized carbons (Fsp3) is 0.158. The normalized spacial score (nSPS) is 11.0. The zero-order chi connectivity index (χ0) is 17.5. The summed E-state index contributed by atoms with van der Waals surface area (Å²) in [5.74, 6) is -0.310. The Labute approximate surface area is 140 Å². The van der Waals surface area contributed by atoms with E-state index in [2.05, 4.69) is 0 Å². The molecule has 2 aromatic carbocycles. The highest BCUT2D eigenvalue weighted by Crippen LogP contribution is 2.29. The lowest BCUT2D eigenvalue weighted by Gasteiger charge is -2.09. The monoisotopic (exact) mass is 326 g/mol. The van der Waals surface area contributed by atoms with E-state index in [0.717, 1.165) is 0 Å². The Hall–Kier alpha value is -3.08. The van der Waals surface area contributed by atoms with Gasteiger partial charge in [-0.15, -0.1) is 0 Å². The number of rotatable bonds is 7. The average Bonchev–Trinajstić information content (AvgIpc) is 2.60. The smallest absolute Gasteiger partial charge is 0.307 e. The highest BCUT2D eigenvalue weighted by molar-refractivity contribution is 6.13. The van der Waals surface area contributed by atoms with E-state index in [1.54, 1.807) is 54.6 Å². The second-order valence-corrected chi connectivity index (χ2v) is 5.05.